The molecule has 0 aliphatic rings. The lowest BCUT2D eigenvalue weighted by Gasteiger charge is -2.19. The highest BCUT2D eigenvalue weighted by Crippen LogP contribution is 2.29. The normalized spacial score (nSPS) is 10.9. The first-order chi connectivity index (χ1) is 14.3. The largest absolute Gasteiger partial charge is 0.332 e. The fraction of sp³-hybridized carbons (Fsp3) is 0.238. The van der Waals surface area contributed by atoms with Crippen molar-refractivity contribution in [1.29, 1.82) is 0 Å². The smallest absolute Gasteiger partial charge is 0.257 e. The number of rotatable bonds is 6. The molecule has 2 amide bonds. The Morgan fingerprint density at radius 1 is 1.13 bits per heavy atom. The number of nitrogens with one attached hydrogen (secondary N) is 1. The number of aromatic nitrogens is 3. The molecule has 30 heavy (non-hydrogen) atoms. The molecule has 9 heteroatoms. The number of benzene rings is 1. The number of halogens is 2. The second-order valence-electron chi connectivity index (χ2n) is 7.00. The summed E-state index contributed by atoms with van der Waals surface area (Å²) in [5, 5.41) is 7.65. The number of pyridine rings is 1. The molecular weight excluding hydrogens is 425 g/mol. The van der Waals surface area contributed by atoms with Crippen molar-refractivity contribution in [2.75, 3.05) is 18.9 Å². The summed E-state index contributed by atoms with van der Waals surface area (Å²) in [6.07, 6.45) is 3.17. The Bertz CT molecular complexity index is 1050. The van der Waals surface area contributed by atoms with Crippen molar-refractivity contribution in [3.8, 4) is 5.82 Å². The summed E-state index contributed by atoms with van der Waals surface area (Å²) in [5.74, 6) is -0.100. The van der Waals surface area contributed by atoms with Gasteiger partial charge < -0.3 is 10.2 Å². The molecule has 3 rings (SSSR count). The van der Waals surface area contributed by atoms with Gasteiger partial charge >= 0.3 is 0 Å². The van der Waals surface area contributed by atoms with Gasteiger partial charge in [-0.2, -0.15) is 5.10 Å². The molecule has 1 N–H and O–H groups in total. The first kappa shape index (κ1) is 21.8. The maximum Gasteiger partial charge on any atom is 0.257 e. The number of hydrogen-bond acceptors (Lipinski definition) is 4. The van der Waals surface area contributed by atoms with Crippen LogP contribution in [0.1, 0.15) is 35.8 Å². The second kappa shape index (κ2) is 9.28. The van der Waals surface area contributed by atoms with E-state index in [4.69, 9.17) is 23.2 Å². The molecule has 2 aromatic heterocycles. The molecule has 0 saturated heterocycles. The number of carbonyl (C=O) groups excluding carboxylic acids is 2. The van der Waals surface area contributed by atoms with Crippen LogP contribution in [0.25, 0.3) is 5.82 Å². The van der Waals surface area contributed by atoms with Gasteiger partial charge in [-0.15, -0.1) is 0 Å². The van der Waals surface area contributed by atoms with Gasteiger partial charge in [0.1, 0.15) is 0 Å². The zero-order chi connectivity index (χ0) is 21.8. The second-order valence-corrected chi connectivity index (χ2v) is 7.82. The summed E-state index contributed by atoms with van der Waals surface area (Å²) >= 11 is 12.2. The van der Waals surface area contributed by atoms with E-state index in [1.54, 1.807) is 36.1 Å². The quantitative estimate of drug-likeness (QED) is 0.609. The summed E-state index contributed by atoms with van der Waals surface area (Å²) in [6, 6.07) is 10.4. The number of carbonyl (C=O) groups is 2. The molecule has 3 aromatic rings. The van der Waals surface area contributed by atoms with Crippen molar-refractivity contribution in [3.63, 3.8) is 0 Å². The van der Waals surface area contributed by atoms with E-state index >= 15 is 0 Å². The zero-order valence-corrected chi connectivity index (χ0v) is 18.3. The predicted octanol–water partition coefficient (Wildman–Crippen LogP) is 4.41. The van der Waals surface area contributed by atoms with E-state index in [0.29, 0.717) is 27.1 Å². The molecule has 0 fully saturated rings. The molecular formula is C21H21Cl2N5O2. The molecule has 1 aromatic carbocycles. The van der Waals surface area contributed by atoms with Gasteiger partial charge in [0.25, 0.3) is 5.91 Å². The fourth-order valence-electron chi connectivity index (χ4n) is 3.03. The van der Waals surface area contributed by atoms with E-state index < -0.39 is 5.91 Å². The van der Waals surface area contributed by atoms with E-state index in [1.807, 2.05) is 32.0 Å². The molecule has 0 radical (unpaired) electrons. The zero-order valence-electron chi connectivity index (χ0n) is 16.8. The first-order valence-electron chi connectivity index (χ1n) is 9.28. The van der Waals surface area contributed by atoms with Crippen LogP contribution in [0.2, 0.25) is 10.0 Å². The molecule has 0 spiro atoms. The maximum atomic E-state index is 13.1. The lowest BCUT2D eigenvalue weighted by Crippen LogP contribution is -2.35. The number of para-hydroxylation sites is 1. The highest BCUT2D eigenvalue weighted by molar-refractivity contribution is 6.39. The van der Waals surface area contributed by atoms with Crippen molar-refractivity contribution in [2.45, 2.75) is 19.8 Å². The van der Waals surface area contributed by atoms with Crippen molar-refractivity contribution in [3.05, 3.63) is 70.1 Å². The molecule has 0 bridgehead atoms. The van der Waals surface area contributed by atoms with Crippen molar-refractivity contribution in [1.82, 2.24) is 19.7 Å². The van der Waals surface area contributed by atoms with E-state index in [-0.39, 0.29) is 18.4 Å². The van der Waals surface area contributed by atoms with Gasteiger partial charge in [0, 0.05) is 13.2 Å². The van der Waals surface area contributed by atoms with Crippen LogP contribution in [0.5, 0.6) is 0 Å². The molecule has 0 atom stereocenters. The van der Waals surface area contributed by atoms with Crippen molar-refractivity contribution >= 4 is 40.7 Å². The summed E-state index contributed by atoms with van der Waals surface area (Å²) in [6.45, 7) is 3.77. The maximum absolute atomic E-state index is 13.1. The molecule has 7 nitrogen and oxygen atoms in total. The standard InChI is InChI=1S/C21H21Cl2N5O2/c1-13(2)20-14(11-25-28(20)17-9-4-5-10-24-17)21(30)27(3)12-18(29)26-19-15(22)7-6-8-16(19)23/h4-11,13H,12H2,1-3H3,(H,26,29). The average molecular weight is 446 g/mol. The summed E-state index contributed by atoms with van der Waals surface area (Å²) in [5.41, 5.74) is 1.46. The fourth-order valence-corrected chi connectivity index (χ4v) is 3.52. The van der Waals surface area contributed by atoms with Crippen LogP contribution in [0, 0.1) is 0 Å². The number of anilines is 1. The average Bonchev–Trinajstić information content (AvgIpc) is 3.16. The first-order valence-corrected chi connectivity index (χ1v) is 10.0. The van der Waals surface area contributed by atoms with Crippen LogP contribution in [-0.2, 0) is 4.79 Å². The molecule has 0 aliphatic carbocycles. The minimum Gasteiger partial charge on any atom is -0.332 e. The van der Waals surface area contributed by atoms with Crippen LogP contribution in [0.15, 0.2) is 48.8 Å². The minimum atomic E-state index is -0.413. The SMILES string of the molecule is CC(C)c1c(C(=O)N(C)CC(=O)Nc2c(Cl)cccc2Cl)cnn1-c1ccccn1. The third-order valence-electron chi connectivity index (χ3n) is 4.40. The van der Waals surface area contributed by atoms with Crippen molar-refractivity contribution < 1.29 is 9.59 Å². The van der Waals surface area contributed by atoms with E-state index in [1.165, 1.54) is 11.1 Å². The van der Waals surface area contributed by atoms with Gasteiger partial charge in [-0.25, -0.2) is 9.67 Å². The number of likely N-dealkylation sites (N-methyl/N-ethyl adjacent to an activating group) is 1. The van der Waals surface area contributed by atoms with Gasteiger partial charge in [-0.05, 0) is 30.2 Å². The third kappa shape index (κ3) is 4.63. The Balaban J connectivity index is 1.79. The highest BCUT2D eigenvalue weighted by atomic mass is 35.5. The van der Waals surface area contributed by atoms with Gasteiger partial charge in [-0.1, -0.05) is 49.2 Å². The summed E-state index contributed by atoms with van der Waals surface area (Å²) in [4.78, 5) is 31.1. The summed E-state index contributed by atoms with van der Waals surface area (Å²) < 4.78 is 1.65. The molecule has 2 heterocycles. The van der Waals surface area contributed by atoms with Crippen LogP contribution < -0.4 is 5.32 Å². The Kier molecular flexibility index (Phi) is 6.74. The van der Waals surface area contributed by atoms with Crippen LogP contribution in [-0.4, -0.2) is 45.1 Å². The Morgan fingerprint density at radius 3 is 2.43 bits per heavy atom. The molecule has 0 saturated carbocycles. The van der Waals surface area contributed by atoms with Crippen LogP contribution >= 0.6 is 23.2 Å². The van der Waals surface area contributed by atoms with Gasteiger partial charge in [0.2, 0.25) is 5.91 Å². The Morgan fingerprint density at radius 2 is 1.83 bits per heavy atom. The molecule has 156 valence electrons. The Hall–Kier alpha value is -2.90. The molecule has 0 aliphatic heterocycles. The third-order valence-corrected chi connectivity index (χ3v) is 5.03. The van der Waals surface area contributed by atoms with Crippen LogP contribution in [0.3, 0.4) is 0 Å². The van der Waals surface area contributed by atoms with Crippen molar-refractivity contribution in [2.24, 2.45) is 0 Å². The lowest BCUT2D eigenvalue weighted by atomic mass is 10.0. The molecule has 0 unspecified atom stereocenters. The number of nitrogens with zero attached hydrogens (tertiary/aromatic N) is 4. The highest BCUT2D eigenvalue weighted by Gasteiger charge is 2.25. The predicted molar refractivity (Wildman–Crippen MR) is 118 cm³/mol. The van der Waals surface area contributed by atoms with E-state index in [2.05, 4.69) is 15.4 Å². The Labute approximate surface area is 184 Å². The number of amides is 2. The minimum absolute atomic E-state index is 0.0117. The summed E-state index contributed by atoms with van der Waals surface area (Å²) in [7, 11) is 1.55. The monoisotopic (exact) mass is 445 g/mol. The van der Waals surface area contributed by atoms with Gasteiger partial charge in [-0.3, -0.25) is 9.59 Å². The van der Waals surface area contributed by atoms with Crippen LogP contribution in [0.4, 0.5) is 5.69 Å². The topological polar surface area (TPSA) is 80.1 Å². The van der Waals surface area contributed by atoms with Gasteiger partial charge in [0.15, 0.2) is 5.82 Å². The lowest BCUT2D eigenvalue weighted by molar-refractivity contribution is -0.116. The van der Waals surface area contributed by atoms with E-state index in [9.17, 15) is 9.59 Å². The van der Waals surface area contributed by atoms with E-state index in [0.717, 1.165) is 5.69 Å². The van der Waals surface area contributed by atoms with Gasteiger partial charge in [0.05, 0.1) is 39.7 Å². The number of hydrogen-bond donors (Lipinski definition) is 1.